The van der Waals surface area contributed by atoms with Gasteiger partial charge in [-0.3, -0.25) is 4.68 Å². The van der Waals surface area contributed by atoms with Crippen molar-refractivity contribution >= 4 is 0 Å². The first-order valence-electron chi connectivity index (χ1n) is 8.32. The maximum atomic E-state index is 6.69. The van der Waals surface area contributed by atoms with Crippen LogP contribution in [0.4, 0.5) is 0 Å². The van der Waals surface area contributed by atoms with E-state index >= 15 is 0 Å². The fraction of sp³-hybridized carbons (Fsp3) is 0.824. The van der Waals surface area contributed by atoms with E-state index in [-0.39, 0.29) is 5.54 Å². The highest BCUT2D eigenvalue weighted by Crippen LogP contribution is 2.36. The molecular weight excluding hydrogens is 246 g/mol. The van der Waals surface area contributed by atoms with Crippen LogP contribution in [0.25, 0.3) is 0 Å². The SMILES string of the molecule is CCc1cc(CC2(N)CCC(C(C)C)CC2)n(CC)n1. The summed E-state index contributed by atoms with van der Waals surface area (Å²) < 4.78 is 2.14. The molecule has 114 valence electrons. The number of hydrogen-bond acceptors (Lipinski definition) is 2. The first-order valence-corrected chi connectivity index (χ1v) is 8.32. The van der Waals surface area contributed by atoms with Crippen molar-refractivity contribution in [1.29, 1.82) is 0 Å². The summed E-state index contributed by atoms with van der Waals surface area (Å²) in [4.78, 5) is 0. The van der Waals surface area contributed by atoms with Crippen molar-refractivity contribution in [2.24, 2.45) is 17.6 Å². The van der Waals surface area contributed by atoms with E-state index < -0.39 is 0 Å². The maximum absolute atomic E-state index is 6.69. The highest BCUT2D eigenvalue weighted by atomic mass is 15.3. The number of rotatable bonds is 5. The highest BCUT2D eigenvalue weighted by Gasteiger charge is 2.33. The molecule has 0 spiro atoms. The van der Waals surface area contributed by atoms with Gasteiger partial charge < -0.3 is 5.73 Å². The van der Waals surface area contributed by atoms with E-state index in [1.807, 2.05) is 0 Å². The van der Waals surface area contributed by atoms with Crippen molar-refractivity contribution in [2.75, 3.05) is 0 Å². The van der Waals surface area contributed by atoms with Crippen molar-refractivity contribution in [3.63, 3.8) is 0 Å². The molecule has 1 saturated carbocycles. The number of nitrogens with two attached hydrogens (primary N) is 1. The molecule has 2 N–H and O–H groups in total. The molecule has 1 heterocycles. The minimum absolute atomic E-state index is 0.0106. The van der Waals surface area contributed by atoms with E-state index in [1.54, 1.807) is 0 Å². The Morgan fingerprint density at radius 1 is 1.35 bits per heavy atom. The van der Waals surface area contributed by atoms with Gasteiger partial charge in [0.15, 0.2) is 0 Å². The van der Waals surface area contributed by atoms with Crippen molar-refractivity contribution < 1.29 is 0 Å². The van der Waals surface area contributed by atoms with Crippen molar-refractivity contribution in [2.45, 2.75) is 78.3 Å². The van der Waals surface area contributed by atoms with E-state index in [4.69, 9.17) is 5.73 Å². The lowest BCUT2D eigenvalue weighted by molar-refractivity contribution is 0.192. The molecule has 1 fully saturated rings. The Morgan fingerprint density at radius 2 is 2.00 bits per heavy atom. The number of nitrogens with zero attached hydrogens (tertiary/aromatic N) is 2. The highest BCUT2D eigenvalue weighted by molar-refractivity contribution is 5.14. The van der Waals surface area contributed by atoms with Crippen LogP contribution in [0.5, 0.6) is 0 Å². The number of hydrogen-bond donors (Lipinski definition) is 1. The van der Waals surface area contributed by atoms with Crippen LogP contribution in [0.2, 0.25) is 0 Å². The molecule has 0 amide bonds. The Hall–Kier alpha value is -0.830. The first kappa shape index (κ1) is 15.6. The molecule has 0 unspecified atom stereocenters. The molecule has 2 rings (SSSR count). The van der Waals surface area contributed by atoms with Gasteiger partial charge in [0, 0.05) is 24.2 Å². The maximum Gasteiger partial charge on any atom is 0.0624 e. The summed E-state index contributed by atoms with van der Waals surface area (Å²) >= 11 is 0. The largest absolute Gasteiger partial charge is 0.325 e. The van der Waals surface area contributed by atoms with Crippen LogP contribution in [-0.4, -0.2) is 15.3 Å². The van der Waals surface area contributed by atoms with E-state index in [1.165, 1.54) is 24.2 Å². The Labute approximate surface area is 123 Å². The molecule has 1 aromatic rings. The van der Waals surface area contributed by atoms with Gasteiger partial charge in [-0.1, -0.05) is 20.8 Å². The Balaban J connectivity index is 2.04. The van der Waals surface area contributed by atoms with E-state index in [9.17, 15) is 0 Å². The monoisotopic (exact) mass is 277 g/mol. The molecule has 20 heavy (non-hydrogen) atoms. The van der Waals surface area contributed by atoms with E-state index in [2.05, 4.69) is 43.5 Å². The van der Waals surface area contributed by atoms with Crippen LogP contribution < -0.4 is 5.73 Å². The van der Waals surface area contributed by atoms with Gasteiger partial charge in [-0.25, -0.2) is 0 Å². The second-order valence-corrected chi connectivity index (χ2v) is 6.92. The van der Waals surface area contributed by atoms with Gasteiger partial charge in [0.25, 0.3) is 0 Å². The lowest BCUT2D eigenvalue weighted by atomic mass is 9.71. The fourth-order valence-electron chi connectivity index (χ4n) is 3.52. The Morgan fingerprint density at radius 3 is 2.50 bits per heavy atom. The quantitative estimate of drug-likeness (QED) is 0.894. The van der Waals surface area contributed by atoms with Crippen LogP contribution in [0.1, 0.15) is 64.8 Å². The topological polar surface area (TPSA) is 43.8 Å². The molecule has 3 heteroatoms. The van der Waals surface area contributed by atoms with Gasteiger partial charge in [-0.05, 0) is 56.9 Å². The third-order valence-electron chi connectivity index (χ3n) is 5.08. The first-order chi connectivity index (χ1) is 9.47. The second-order valence-electron chi connectivity index (χ2n) is 6.92. The zero-order chi connectivity index (χ0) is 14.8. The van der Waals surface area contributed by atoms with Gasteiger partial charge >= 0.3 is 0 Å². The second kappa shape index (κ2) is 6.30. The summed E-state index contributed by atoms with van der Waals surface area (Å²) in [6.07, 6.45) is 6.88. The average molecular weight is 277 g/mol. The van der Waals surface area contributed by atoms with Gasteiger partial charge in [-0.2, -0.15) is 5.10 Å². The van der Waals surface area contributed by atoms with Gasteiger partial charge in [0.1, 0.15) is 0 Å². The van der Waals surface area contributed by atoms with Crippen LogP contribution in [-0.2, 0) is 19.4 Å². The van der Waals surface area contributed by atoms with Gasteiger partial charge in [0.05, 0.1) is 5.69 Å². The normalized spacial score (nSPS) is 27.2. The summed E-state index contributed by atoms with van der Waals surface area (Å²) in [5.41, 5.74) is 9.20. The molecule has 0 aliphatic heterocycles. The lowest BCUT2D eigenvalue weighted by Gasteiger charge is -2.38. The third-order valence-corrected chi connectivity index (χ3v) is 5.08. The summed E-state index contributed by atoms with van der Waals surface area (Å²) in [6, 6.07) is 2.26. The van der Waals surface area contributed by atoms with Crippen molar-refractivity contribution in [3.05, 3.63) is 17.5 Å². The smallest absolute Gasteiger partial charge is 0.0624 e. The number of aromatic nitrogens is 2. The third kappa shape index (κ3) is 3.43. The molecule has 1 aliphatic carbocycles. The summed E-state index contributed by atoms with van der Waals surface area (Å²) in [5, 5.41) is 4.65. The average Bonchev–Trinajstić information content (AvgIpc) is 2.80. The fourth-order valence-corrected chi connectivity index (χ4v) is 3.52. The van der Waals surface area contributed by atoms with E-state index in [0.29, 0.717) is 0 Å². The van der Waals surface area contributed by atoms with Gasteiger partial charge in [0.2, 0.25) is 0 Å². The molecule has 1 aromatic heterocycles. The van der Waals surface area contributed by atoms with Crippen molar-refractivity contribution in [3.8, 4) is 0 Å². The number of aryl methyl sites for hydroxylation is 2. The van der Waals surface area contributed by atoms with Crippen molar-refractivity contribution in [1.82, 2.24) is 9.78 Å². The van der Waals surface area contributed by atoms with Crippen LogP contribution >= 0.6 is 0 Å². The van der Waals surface area contributed by atoms with Crippen LogP contribution in [0.3, 0.4) is 0 Å². The predicted molar refractivity (Wildman–Crippen MR) is 84.7 cm³/mol. The minimum atomic E-state index is -0.0106. The lowest BCUT2D eigenvalue weighted by Crippen LogP contribution is -2.46. The molecule has 0 aromatic carbocycles. The Bertz CT molecular complexity index is 425. The summed E-state index contributed by atoms with van der Waals surface area (Å²) in [5.74, 6) is 1.67. The molecule has 3 nitrogen and oxygen atoms in total. The molecule has 0 bridgehead atoms. The zero-order valence-corrected chi connectivity index (χ0v) is 13.7. The van der Waals surface area contributed by atoms with E-state index in [0.717, 1.165) is 44.1 Å². The molecule has 0 radical (unpaired) electrons. The predicted octanol–water partition coefficient (Wildman–Crippen LogP) is 3.55. The summed E-state index contributed by atoms with van der Waals surface area (Å²) in [6.45, 7) is 9.95. The van der Waals surface area contributed by atoms with Crippen LogP contribution in [0.15, 0.2) is 6.07 Å². The Kier molecular flexibility index (Phi) is 4.90. The van der Waals surface area contributed by atoms with Gasteiger partial charge in [-0.15, -0.1) is 0 Å². The molecular formula is C17H31N3. The standard InChI is InChI=1S/C17H31N3/c1-5-15-11-16(20(6-2)19-15)12-17(18)9-7-14(8-10-17)13(3)4/h11,13-14H,5-10,12,18H2,1-4H3. The van der Waals surface area contributed by atoms with Crippen LogP contribution in [0, 0.1) is 11.8 Å². The molecule has 0 saturated heterocycles. The minimum Gasteiger partial charge on any atom is -0.325 e. The zero-order valence-electron chi connectivity index (χ0n) is 13.7. The molecule has 1 aliphatic rings. The summed E-state index contributed by atoms with van der Waals surface area (Å²) in [7, 11) is 0. The molecule has 0 atom stereocenters.